The summed E-state index contributed by atoms with van der Waals surface area (Å²) >= 11 is 0. The summed E-state index contributed by atoms with van der Waals surface area (Å²) in [5, 5.41) is 32.8. The highest BCUT2D eigenvalue weighted by Crippen LogP contribution is 2.38. The number of nitrogens with zero attached hydrogens (tertiary/aromatic N) is 6. The Morgan fingerprint density at radius 3 is 0.870 bits per heavy atom. The molecule has 0 aliphatic carbocycles. The Bertz CT molecular complexity index is 2900. The molecule has 0 bridgehead atoms. The Morgan fingerprint density at radius 2 is 0.556 bits per heavy atom. The minimum atomic E-state index is 0.817. The van der Waals surface area contributed by atoms with Crippen LogP contribution in [0.2, 0.25) is 0 Å². The molecule has 2 aliphatic rings. The molecule has 0 aromatic heterocycles. The van der Waals surface area contributed by atoms with Crippen molar-refractivity contribution >= 4 is 102 Å². The van der Waals surface area contributed by atoms with E-state index >= 15 is 0 Å². The lowest BCUT2D eigenvalue weighted by Gasteiger charge is -2.23. The summed E-state index contributed by atoms with van der Waals surface area (Å²) in [5.41, 5.74) is 5.45. The zero-order chi connectivity index (χ0) is 35.6. The summed E-state index contributed by atoms with van der Waals surface area (Å²) in [6.45, 7) is 0. The molecular weight excluding hydrogens is 661 g/mol. The first kappa shape index (κ1) is 30.2. The number of anilines is 2. The first-order valence-electron chi connectivity index (χ1n) is 18.0. The predicted octanol–water partition coefficient (Wildman–Crippen LogP) is 10.6. The molecule has 6 nitrogen and oxygen atoms in total. The summed E-state index contributed by atoms with van der Waals surface area (Å²) in [6, 6.07) is 54.4. The van der Waals surface area contributed by atoms with Gasteiger partial charge in [0, 0.05) is 46.9 Å². The summed E-state index contributed by atoms with van der Waals surface area (Å²) in [4.78, 5) is 4.42. The van der Waals surface area contributed by atoms with E-state index in [0.717, 1.165) is 34.1 Å². The Hall–Kier alpha value is -7.44. The molecule has 0 amide bonds. The number of hydrogen-bond donors (Lipinski definition) is 0. The first-order valence-corrected chi connectivity index (χ1v) is 18.0. The van der Waals surface area contributed by atoms with Crippen molar-refractivity contribution in [3.05, 3.63) is 179 Å². The average Bonchev–Trinajstić information content (AvgIpc) is 3.24. The van der Waals surface area contributed by atoms with Gasteiger partial charge in [0.2, 0.25) is 0 Å². The fourth-order valence-electron chi connectivity index (χ4n) is 8.00. The molecule has 0 saturated heterocycles. The van der Waals surface area contributed by atoms with E-state index < -0.39 is 0 Å². The summed E-state index contributed by atoms with van der Waals surface area (Å²) < 4.78 is 0. The number of azo groups is 2. The van der Waals surface area contributed by atoms with Crippen LogP contribution in [0.3, 0.4) is 0 Å². The lowest BCUT2D eigenvalue weighted by Crippen LogP contribution is -2.27. The highest BCUT2D eigenvalue weighted by molar-refractivity contribution is 6.33. The summed E-state index contributed by atoms with van der Waals surface area (Å²) in [6.07, 6.45) is 8.96. The van der Waals surface area contributed by atoms with Crippen molar-refractivity contribution < 1.29 is 0 Å². The standard InChI is InChI=1S/C48H30N6/c1-3-7-35(8-4-1)49-51-37-15-19-39(20-16-37)53-27-31-11-23-41-43-25-13-33-29-54(40-21-17-38(18-22-40)52-50-36-9-5-2-6-10-36)30-34-14-26-44(48(43)46(33)34)42-24-12-32(28-53)45(31)47(41)42/h1-30H. The van der Waals surface area contributed by atoms with Gasteiger partial charge in [-0.1, -0.05) is 84.9 Å². The van der Waals surface area contributed by atoms with Crippen LogP contribution in [0.5, 0.6) is 0 Å². The Morgan fingerprint density at radius 1 is 0.259 bits per heavy atom. The third-order valence-electron chi connectivity index (χ3n) is 10.5. The van der Waals surface area contributed by atoms with Crippen LogP contribution in [0.25, 0.3) is 67.9 Å². The van der Waals surface area contributed by atoms with Crippen molar-refractivity contribution in [3.63, 3.8) is 0 Å². The van der Waals surface area contributed by atoms with Crippen LogP contribution in [0.4, 0.5) is 34.1 Å². The molecule has 252 valence electrons. The maximum Gasteiger partial charge on any atom is 0.0858 e. The predicted molar refractivity (Wildman–Crippen MR) is 223 cm³/mol. The molecule has 0 spiro atoms. The first-order chi connectivity index (χ1) is 26.7. The molecule has 0 N–H and O–H groups in total. The van der Waals surface area contributed by atoms with Gasteiger partial charge in [0.05, 0.1) is 22.7 Å². The maximum atomic E-state index is 4.43. The average molecular weight is 691 g/mol. The van der Waals surface area contributed by atoms with Crippen molar-refractivity contribution in [2.45, 2.75) is 0 Å². The van der Waals surface area contributed by atoms with Crippen LogP contribution in [-0.2, 0) is 0 Å². The van der Waals surface area contributed by atoms with Crippen LogP contribution in [-0.4, -0.2) is 0 Å². The third-order valence-corrected chi connectivity index (χ3v) is 10.5. The molecule has 2 heterocycles. The van der Waals surface area contributed by atoms with E-state index in [2.05, 4.69) is 128 Å². The quantitative estimate of drug-likeness (QED) is 0.0991. The SMILES string of the molecule is C1=c2ccc3c4ccc5c6c(ccc(c7ccc(c2c37)=CN1c1ccc(N=Nc2ccccc2)cc1)c64)=CN(c1ccc(N=Nc2ccccc2)cc1)C=5. The van der Waals surface area contributed by atoms with Gasteiger partial charge in [0.1, 0.15) is 0 Å². The highest BCUT2D eigenvalue weighted by Gasteiger charge is 2.19. The van der Waals surface area contributed by atoms with Crippen molar-refractivity contribution in [2.24, 2.45) is 20.5 Å². The van der Waals surface area contributed by atoms with Crippen molar-refractivity contribution in [1.82, 2.24) is 0 Å². The van der Waals surface area contributed by atoms with Crippen molar-refractivity contribution in [3.8, 4) is 0 Å². The second-order valence-corrected chi connectivity index (χ2v) is 13.7. The van der Waals surface area contributed by atoms with E-state index in [1.54, 1.807) is 0 Å². The Labute approximate surface area is 309 Å². The molecule has 0 fully saturated rings. The van der Waals surface area contributed by atoms with E-state index in [1.807, 2.05) is 84.9 Å². The molecule has 6 heteroatoms. The molecule has 9 aromatic carbocycles. The Balaban J connectivity index is 0.963. The van der Waals surface area contributed by atoms with Crippen LogP contribution < -0.4 is 30.7 Å². The zero-order valence-corrected chi connectivity index (χ0v) is 29.0. The number of hydrogen-bond acceptors (Lipinski definition) is 6. The van der Waals surface area contributed by atoms with E-state index in [0.29, 0.717) is 0 Å². The van der Waals surface area contributed by atoms with E-state index in [4.69, 9.17) is 0 Å². The van der Waals surface area contributed by atoms with Gasteiger partial charge in [-0.15, -0.1) is 0 Å². The number of benzene rings is 9. The van der Waals surface area contributed by atoms with Gasteiger partial charge in [-0.25, -0.2) is 0 Å². The maximum absolute atomic E-state index is 4.43. The van der Waals surface area contributed by atoms with Crippen LogP contribution >= 0.6 is 0 Å². The van der Waals surface area contributed by atoms with Crippen molar-refractivity contribution in [1.29, 1.82) is 0 Å². The van der Waals surface area contributed by atoms with Gasteiger partial charge in [0.25, 0.3) is 0 Å². The summed E-state index contributed by atoms with van der Waals surface area (Å²) in [5.74, 6) is 0. The van der Waals surface area contributed by atoms with E-state index in [-0.39, 0.29) is 0 Å². The van der Waals surface area contributed by atoms with Crippen LogP contribution in [0.1, 0.15) is 0 Å². The largest absolute Gasteiger partial charge is 0.323 e. The molecule has 54 heavy (non-hydrogen) atoms. The molecule has 0 unspecified atom stereocenters. The molecular formula is C48H30N6. The number of fused-ring (bicyclic) bond motifs is 2. The lowest BCUT2D eigenvalue weighted by molar-refractivity contribution is 1.23. The zero-order valence-electron chi connectivity index (χ0n) is 29.0. The molecule has 0 atom stereocenters. The van der Waals surface area contributed by atoms with E-state index in [9.17, 15) is 0 Å². The smallest absolute Gasteiger partial charge is 0.0858 e. The van der Waals surface area contributed by atoms with Crippen molar-refractivity contribution in [2.75, 3.05) is 9.80 Å². The third kappa shape index (κ3) is 4.96. The molecule has 11 rings (SSSR count). The normalized spacial score (nSPS) is 13.6. The van der Waals surface area contributed by atoms with Gasteiger partial charge in [-0.05, 0) is 126 Å². The van der Waals surface area contributed by atoms with Gasteiger partial charge >= 0.3 is 0 Å². The van der Waals surface area contributed by atoms with Gasteiger partial charge in [0.15, 0.2) is 0 Å². The molecule has 0 saturated carbocycles. The minimum Gasteiger partial charge on any atom is -0.323 e. The topological polar surface area (TPSA) is 55.9 Å². The molecule has 2 aliphatic heterocycles. The molecule has 0 radical (unpaired) electrons. The summed E-state index contributed by atoms with van der Waals surface area (Å²) in [7, 11) is 0. The second-order valence-electron chi connectivity index (χ2n) is 13.7. The van der Waals surface area contributed by atoms with Gasteiger partial charge in [-0.2, -0.15) is 20.5 Å². The van der Waals surface area contributed by atoms with Crippen LogP contribution in [0.15, 0.2) is 178 Å². The monoisotopic (exact) mass is 690 g/mol. The Kier molecular flexibility index (Phi) is 6.75. The van der Waals surface area contributed by atoms with E-state index in [1.165, 1.54) is 64.0 Å². The molecule has 9 aromatic rings. The van der Waals surface area contributed by atoms with Gasteiger partial charge < -0.3 is 9.80 Å². The number of rotatable bonds is 6. The second kappa shape index (κ2) is 12.1. The van der Waals surface area contributed by atoms with Crippen LogP contribution in [0, 0.1) is 0 Å². The fraction of sp³-hybridized carbons (Fsp3) is 0. The minimum absolute atomic E-state index is 0.817. The lowest BCUT2D eigenvalue weighted by atomic mass is 9.87. The van der Waals surface area contributed by atoms with Gasteiger partial charge in [-0.3, -0.25) is 0 Å². The fourth-order valence-corrected chi connectivity index (χ4v) is 8.00. The highest BCUT2D eigenvalue weighted by atomic mass is 15.1.